The molecule has 45 heavy (non-hydrogen) atoms. The molecule has 10 nitrogen and oxygen atoms in total. The maximum Gasteiger partial charge on any atom is 0.416 e. The number of hydrogen-bond acceptors (Lipinski definition) is 7. The zero-order chi connectivity index (χ0) is 32.8. The number of halogens is 3. The summed E-state index contributed by atoms with van der Waals surface area (Å²) in [5.41, 5.74) is -2.58. The van der Waals surface area contributed by atoms with Gasteiger partial charge in [-0.3, -0.25) is 9.59 Å². The lowest BCUT2D eigenvalue weighted by molar-refractivity contribution is -0.137. The molecular weight excluding hydrogens is 631 g/mol. The Balaban J connectivity index is 1.49. The molecule has 2 aromatic carbocycles. The van der Waals surface area contributed by atoms with Gasteiger partial charge >= 0.3 is 12.2 Å². The number of alkyl halides is 3. The standard InChI is InChI=1S/C30H38F3N5O5S2/c1-3-12-29(19-34-13-11-21(29)18-45(42,43)23-8-6-22(44-2)7-9-23)37-26(39)17-35-27(40)24-16-20(30(31,32)33)5-10-25(24)36-28(41)38-14-4-15-38/h5-10,16,21,34H,3-4,11-15,17-19H2,1-2H3,(H,35,40)(H,36,41)(H,37,39)/t21-,29-/m0/s1. The van der Waals surface area contributed by atoms with Gasteiger partial charge < -0.3 is 26.2 Å². The molecular formula is C30H38F3N5O5S2. The normalized spacial score (nSPS) is 20.2. The highest BCUT2D eigenvalue weighted by molar-refractivity contribution is 7.98. The van der Waals surface area contributed by atoms with E-state index in [2.05, 4.69) is 21.3 Å². The molecule has 2 aromatic rings. The fourth-order valence-electron chi connectivity index (χ4n) is 5.65. The predicted molar refractivity (Wildman–Crippen MR) is 166 cm³/mol. The van der Waals surface area contributed by atoms with Crippen molar-refractivity contribution in [1.29, 1.82) is 0 Å². The summed E-state index contributed by atoms with van der Waals surface area (Å²) in [5.74, 6) is -2.22. The summed E-state index contributed by atoms with van der Waals surface area (Å²) in [4.78, 5) is 41.4. The van der Waals surface area contributed by atoms with Gasteiger partial charge in [-0.15, -0.1) is 11.8 Å². The van der Waals surface area contributed by atoms with Gasteiger partial charge in [0, 0.05) is 24.5 Å². The maximum absolute atomic E-state index is 13.5. The van der Waals surface area contributed by atoms with Gasteiger partial charge in [-0.05, 0) is 80.4 Å². The highest BCUT2D eigenvalue weighted by atomic mass is 32.2. The Labute approximate surface area is 265 Å². The van der Waals surface area contributed by atoms with Crippen LogP contribution < -0.4 is 21.3 Å². The van der Waals surface area contributed by atoms with Gasteiger partial charge in [0.25, 0.3) is 5.91 Å². The molecule has 0 spiro atoms. The van der Waals surface area contributed by atoms with Crippen molar-refractivity contribution in [3.8, 4) is 0 Å². The highest BCUT2D eigenvalue weighted by Gasteiger charge is 2.43. The van der Waals surface area contributed by atoms with E-state index in [1.54, 1.807) is 24.3 Å². The van der Waals surface area contributed by atoms with Crippen LogP contribution >= 0.6 is 11.8 Å². The zero-order valence-electron chi connectivity index (χ0n) is 25.1. The molecule has 4 rings (SSSR count). The van der Waals surface area contributed by atoms with Crippen molar-refractivity contribution in [1.82, 2.24) is 20.9 Å². The second-order valence-electron chi connectivity index (χ2n) is 11.3. The lowest BCUT2D eigenvalue weighted by Gasteiger charge is -2.45. The van der Waals surface area contributed by atoms with Crippen molar-refractivity contribution < 1.29 is 36.0 Å². The minimum atomic E-state index is -4.74. The van der Waals surface area contributed by atoms with Crippen molar-refractivity contribution in [2.75, 3.05) is 50.0 Å². The Bertz CT molecular complexity index is 1500. The number of rotatable bonds is 11. The van der Waals surface area contributed by atoms with Gasteiger partial charge in [-0.2, -0.15) is 13.2 Å². The van der Waals surface area contributed by atoms with Crippen molar-refractivity contribution in [3.63, 3.8) is 0 Å². The summed E-state index contributed by atoms with van der Waals surface area (Å²) >= 11 is 1.50. The van der Waals surface area contributed by atoms with E-state index in [1.807, 2.05) is 13.2 Å². The first-order chi connectivity index (χ1) is 21.3. The van der Waals surface area contributed by atoms with Crippen LogP contribution in [0.15, 0.2) is 52.3 Å². The number of piperidine rings is 1. The molecule has 2 saturated heterocycles. The number of nitrogens with zero attached hydrogens (tertiary/aromatic N) is 1. The van der Waals surface area contributed by atoms with E-state index in [1.165, 1.54) is 16.7 Å². The molecule has 15 heteroatoms. The van der Waals surface area contributed by atoms with Crippen molar-refractivity contribution >= 4 is 45.1 Å². The van der Waals surface area contributed by atoms with E-state index in [0.29, 0.717) is 51.5 Å². The summed E-state index contributed by atoms with van der Waals surface area (Å²) in [6.07, 6.45) is -0.453. The quantitative estimate of drug-likeness (QED) is 0.264. The summed E-state index contributed by atoms with van der Waals surface area (Å²) in [6.45, 7) is 3.21. The van der Waals surface area contributed by atoms with Crippen LogP contribution in [-0.4, -0.2) is 81.4 Å². The number of likely N-dealkylation sites (tertiary alicyclic amines) is 1. The van der Waals surface area contributed by atoms with Crippen LogP contribution in [0.4, 0.5) is 23.7 Å². The number of hydrogen-bond donors (Lipinski definition) is 4. The van der Waals surface area contributed by atoms with E-state index in [4.69, 9.17) is 0 Å². The fraction of sp³-hybridized carbons (Fsp3) is 0.500. The third kappa shape index (κ3) is 8.50. The van der Waals surface area contributed by atoms with Gasteiger partial charge in [0.1, 0.15) is 0 Å². The number of sulfone groups is 1. The topological polar surface area (TPSA) is 137 Å². The fourth-order valence-corrected chi connectivity index (χ4v) is 7.82. The zero-order valence-corrected chi connectivity index (χ0v) is 26.8. The number of nitrogens with one attached hydrogen (secondary N) is 4. The first kappa shape index (κ1) is 34.6. The van der Waals surface area contributed by atoms with Crippen molar-refractivity contribution in [2.24, 2.45) is 5.92 Å². The van der Waals surface area contributed by atoms with Crippen LogP contribution in [0.5, 0.6) is 0 Å². The molecule has 0 aliphatic carbocycles. The molecule has 4 N–H and O–H groups in total. The summed E-state index contributed by atoms with van der Waals surface area (Å²) < 4.78 is 67.2. The number of thioether (sulfide) groups is 1. The van der Waals surface area contributed by atoms with Gasteiger partial charge in [-0.1, -0.05) is 13.3 Å². The Morgan fingerprint density at radius 3 is 2.42 bits per heavy atom. The Kier molecular flexibility index (Phi) is 11.1. The van der Waals surface area contributed by atoms with Gasteiger partial charge in [0.05, 0.1) is 39.5 Å². The number of benzene rings is 2. The number of carbonyl (C=O) groups excluding carboxylic acids is 3. The molecule has 2 atom stereocenters. The predicted octanol–water partition coefficient (Wildman–Crippen LogP) is 4.13. The highest BCUT2D eigenvalue weighted by Crippen LogP contribution is 2.33. The number of anilines is 1. The molecule has 0 aromatic heterocycles. The third-order valence-electron chi connectivity index (χ3n) is 8.20. The molecule has 2 aliphatic heterocycles. The van der Waals surface area contributed by atoms with Crippen LogP contribution in [0.2, 0.25) is 0 Å². The SMILES string of the molecule is CCC[C@]1(NC(=O)CNC(=O)c2cc(C(F)(F)F)ccc2NC(=O)N2CCC2)CNCC[C@H]1CS(=O)(=O)c1ccc(SC)cc1. The second-order valence-corrected chi connectivity index (χ2v) is 14.2. The molecule has 0 bridgehead atoms. The monoisotopic (exact) mass is 669 g/mol. The average molecular weight is 670 g/mol. The minimum absolute atomic E-state index is 0.118. The molecule has 2 heterocycles. The van der Waals surface area contributed by atoms with Crippen LogP contribution in [0.25, 0.3) is 0 Å². The molecule has 4 amide bonds. The summed E-state index contributed by atoms with van der Waals surface area (Å²) in [5, 5.41) is 11.1. The van der Waals surface area contributed by atoms with Crippen molar-refractivity contribution in [3.05, 3.63) is 53.6 Å². The van der Waals surface area contributed by atoms with Crippen LogP contribution in [0.3, 0.4) is 0 Å². The third-order valence-corrected chi connectivity index (χ3v) is 10.8. The summed E-state index contributed by atoms with van der Waals surface area (Å²) in [7, 11) is -3.69. The first-order valence-electron chi connectivity index (χ1n) is 14.7. The number of carbonyl (C=O) groups is 3. The number of urea groups is 1. The Morgan fingerprint density at radius 2 is 1.82 bits per heavy atom. The van der Waals surface area contributed by atoms with E-state index in [9.17, 15) is 36.0 Å². The largest absolute Gasteiger partial charge is 0.416 e. The molecule has 246 valence electrons. The van der Waals surface area contributed by atoms with E-state index in [0.717, 1.165) is 23.4 Å². The molecule has 2 aliphatic rings. The Morgan fingerprint density at radius 1 is 1.11 bits per heavy atom. The van der Waals surface area contributed by atoms with Crippen molar-refractivity contribution in [2.45, 2.75) is 54.1 Å². The second kappa shape index (κ2) is 14.4. The smallest absolute Gasteiger partial charge is 0.348 e. The minimum Gasteiger partial charge on any atom is -0.348 e. The number of amides is 4. The summed E-state index contributed by atoms with van der Waals surface area (Å²) in [6, 6.07) is 8.52. The molecule has 0 unspecified atom stereocenters. The van der Waals surface area contributed by atoms with Crippen LogP contribution in [0, 0.1) is 5.92 Å². The van der Waals surface area contributed by atoms with Crippen LogP contribution in [0.1, 0.15) is 48.5 Å². The Hall–Kier alpha value is -3.30. The van der Waals surface area contributed by atoms with Gasteiger partial charge in [0.2, 0.25) is 5.91 Å². The van der Waals surface area contributed by atoms with E-state index >= 15 is 0 Å². The first-order valence-corrected chi connectivity index (χ1v) is 17.6. The molecule has 0 saturated carbocycles. The maximum atomic E-state index is 13.5. The average Bonchev–Trinajstić information content (AvgIpc) is 2.96. The van der Waals surface area contributed by atoms with E-state index < -0.39 is 63.0 Å². The lowest BCUT2D eigenvalue weighted by atomic mass is 9.76. The van der Waals surface area contributed by atoms with E-state index in [-0.39, 0.29) is 16.3 Å². The lowest BCUT2D eigenvalue weighted by Crippen LogP contribution is -2.64. The van der Waals surface area contributed by atoms with Gasteiger partial charge in [0.15, 0.2) is 9.84 Å². The molecule has 0 radical (unpaired) electrons. The van der Waals surface area contributed by atoms with Crippen LogP contribution in [-0.2, 0) is 20.8 Å². The molecule has 2 fully saturated rings. The van der Waals surface area contributed by atoms with Gasteiger partial charge in [-0.25, -0.2) is 13.2 Å².